The molecule has 0 aromatic carbocycles. The van der Waals surface area contributed by atoms with E-state index in [0.29, 0.717) is 57.7 Å². The Morgan fingerprint density at radius 2 is 1.37 bits per heavy atom. The lowest BCUT2D eigenvalue weighted by atomic mass is 9.97. The van der Waals surface area contributed by atoms with Gasteiger partial charge in [-0.15, -0.1) is 5.10 Å². The molecule has 0 bridgehead atoms. The monoisotopic (exact) mass is 651 g/mol. The number of hydrogen-bond donors (Lipinski definition) is 2. The molecule has 0 spiro atoms. The van der Waals surface area contributed by atoms with Crippen LogP contribution in [0.15, 0.2) is 6.20 Å². The zero-order chi connectivity index (χ0) is 34.9. The number of ether oxygens (including phenoxy) is 3. The predicted octanol–water partition coefficient (Wildman–Crippen LogP) is 5.21. The zero-order valence-corrected chi connectivity index (χ0v) is 29.8. The lowest BCUT2D eigenvalue weighted by Gasteiger charge is -2.37. The minimum Gasteiger partial charge on any atom is -0.444 e. The van der Waals surface area contributed by atoms with E-state index < -0.39 is 47.2 Å². The fraction of sp³-hybridized carbons (Fsp3) is 0.812. The van der Waals surface area contributed by atoms with Crippen LogP contribution in [0.25, 0.3) is 0 Å². The molecule has 1 saturated heterocycles. The third-order valence-corrected chi connectivity index (χ3v) is 7.15. The molecule has 1 aromatic heterocycles. The average molecular weight is 652 g/mol. The van der Waals surface area contributed by atoms with Crippen molar-refractivity contribution in [3.05, 3.63) is 11.9 Å². The van der Waals surface area contributed by atoms with Crippen molar-refractivity contribution < 1.29 is 33.4 Å². The highest BCUT2D eigenvalue weighted by Gasteiger charge is 2.33. The van der Waals surface area contributed by atoms with Gasteiger partial charge in [0.1, 0.15) is 28.5 Å². The van der Waals surface area contributed by atoms with Gasteiger partial charge in [0.15, 0.2) is 0 Å². The molecule has 2 rings (SSSR count). The van der Waals surface area contributed by atoms with Gasteiger partial charge in [0.05, 0.1) is 12.2 Å². The maximum Gasteiger partial charge on any atom is 0.410 e. The van der Waals surface area contributed by atoms with E-state index >= 15 is 0 Å². The fourth-order valence-corrected chi connectivity index (χ4v) is 4.75. The number of unbranched alkanes of at least 4 members (excludes halogenated alkanes) is 1. The normalized spacial score (nSPS) is 16.2. The van der Waals surface area contributed by atoms with Crippen LogP contribution in [0.2, 0.25) is 0 Å². The number of amides is 4. The number of piperazine rings is 1. The summed E-state index contributed by atoms with van der Waals surface area (Å²) >= 11 is 0. The summed E-state index contributed by atoms with van der Waals surface area (Å²) in [5.41, 5.74) is -1.33. The molecule has 1 aromatic rings. The Hall–Kier alpha value is -3.58. The van der Waals surface area contributed by atoms with Crippen molar-refractivity contribution in [2.45, 2.75) is 131 Å². The summed E-state index contributed by atoms with van der Waals surface area (Å²) in [7, 11) is 0. The zero-order valence-electron chi connectivity index (χ0n) is 29.8. The lowest BCUT2D eigenvalue weighted by Crippen LogP contribution is -2.53. The molecule has 2 N–H and O–H groups in total. The van der Waals surface area contributed by atoms with Crippen molar-refractivity contribution >= 4 is 24.2 Å². The van der Waals surface area contributed by atoms with Gasteiger partial charge in [-0.2, -0.15) is 0 Å². The number of carbonyl (C=O) groups is 4. The average Bonchev–Trinajstić information content (AvgIpc) is 3.39. The largest absolute Gasteiger partial charge is 0.444 e. The molecule has 2 heterocycles. The first-order chi connectivity index (χ1) is 21.2. The molecule has 1 fully saturated rings. The lowest BCUT2D eigenvalue weighted by molar-refractivity contribution is -0.137. The van der Waals surface area contributed by atoms with Crippen LogP contribution in [-0.4, -0.2) is 98.5 Å². The van der Waals surface area contributed by atoms with Crippen molar-refractivity contribution in [1.82, 2.24) is 35.4 Å². The summed E-state index contributed by atoms with van der Waals surface area (Å²) in [6.07, 6.45) is 2.71. The van der Waals surface area contributed by atoms with Crippen molar-refractivity contribution in [2.75, 3.05) is 32.7 Å². The van der Waals surface area contributed by atoms with Gasteiger partial charge in [0, 0.05) is 32.7 Å². The van der Waals surface area contributed by atoms with Gasteiger partial charge >= 0.3 is 18.3 Å². The summed E-state index contributed by atoms with van der Waals surface area (Å²) in [5.74, 6) is -0.118. The van der Waals surface area contributed by atoms with Crippen LogP contribution in [0.4, 0.5) is 14.4 Å². The van der Waals surface area contributed by atoms with Crippen LogP contribution < -0.4 is 10.6 Å². The molecule has 46 heavy (non-hydrogen) atoms. The Kier molecular flexibility index (Phi) is 13.7. The molecule has 262 valence electrons. The van der Waals surface area contributed by atoms with Gasteiger partial charge < -0.3 is 34.6 Å². The van der Waals surface area contributed by atoms with Gasteiger partial charge in [-0.05, 0) is 87.5 Å². The van der Waals surface area contributed by atoms with Crippen molar-refractivity contribution in [1.29, 1.82) is 0 Å². The molecule has 14 nitrogen and oxygen atoms in total. The van der Waals surface area contributed by atoms with E-state index in [4.69, 9.17) is 14.2 Å². The topological polar surface area (TPSA) is 157 Å². The van der Waals surface area contributed by atoms with E-state index in [1.165, 1.54) is 0 Å². The second-order valence-electron chi connectivity index (χ2n) is 14.9. The quantitative estimate of drug-likeness (QED) is 0.242. The van der Waals surface area contributed by atoms with Crippen LogP contribution in [0.5, 0.6) is 0 Å². The van der Waals surface area contributed by atoms with Gasteiger partial charge in [-0.25, -0.2) is 19.1 Å². The smallest absolute Gasteiger partial charge is 0.410 e. The first kappa shape index (κ1) is 38.6. The first-order valence-electron chi connectivity index (χ1n) is 16.3. The highest BCUT2D eigenvalue weighted by molar-refractivity contribution is 5.81. The third kappa shape index (κ3) is 13.4. The SMILES string of the molecule is CC[C@H](C)C(NC(=O)OC(C)(C)C)c1cn(C(CCCCNC(=O)OC(C)(C)C)C(=O)N2CCN(C(=O)OC(C)(C)C)CC2)nn1. The highest BCUT2D eigenvalue weighted by atomic mass is 16.6. The Labute approximate surface area is 274 Å². The summed E-state index contributed by atoms with van der Waals surface area (Å²) < 4.78 is 17.9. The Morgan fingerprint density at radius 1 is 0.826 bits per heavy atom. The molecule has 1 aliphatic rings. The molecule has 3 atom stereocenters. The van der Waals surface area contributed by atoms with Crippen molar-refractivity contribution in [3.8, 4) is 0 Å². The van der Waals surface area contributed by atoms with Gasteiger partial charge in [-0.1, -0.05) is 25.5 Å². The summed E-state index contributed by atoms with van der Waals surface area (Å²) in [6.45, 7) is 22.1. The number of nitrogens with zero attached hydrogens (tertiary/aromatic N) is 5. The van der Waals surface area contributed by atoms with E-state index in [0.717, 1.165) is 6.42 Å². The molecule has 4 amide bonds. The van der Waals surface area contributed by atoms with Crippen LogP contribution in [0, 0.1) is 5.92 Å². The standard InChI is InChI=1S/C32H57N7O7/c1-12-22(2)25(34-28(42)45-31(6,7)8)23-21-39(36-35-23)24(15-13-14-16-33-27(41)44-30(3,4)5)26(40)37-17-19-38(20-18-37)29(43)46-32(9,10)11/h21-22,24-25H,12-20H2,1-11H3,(H,33,41)(H,34,42)/t22-,24?,25?/m0/s1. The number of hydrogen-bond acceptors (Lipinski definition) is 9. The maximum absolute atomic E-state index is 14.0. The van der Waals surface area contributed by atoms with E-state index in [-0.39, 0.29) is 11.8 Å². The van der Waals surface area contributed by atoms with E-state index in [9.17, 15) is 19.2 Å². The molecule has 0 radical (unpaired) electrons. The molecule has 0 aliphatic carbocycles. The number of carbonyl (C=O) groups excluding carboxylic acids is 4. The molecular weight excluding hydrogens is 594 g/mol. The van der Waals surface area contributed by atoms with Crippen LogP contribution >= 0.6 is 0 Å². The Balaban J connectivity index is 2.20. The third-order valence-electron chi connectivity index (χ3n) is 7.15. The van der Waals surface area contributed by atoms with Crippen LogP contribution in [-0.2, 0) is 19.0 Å². The maximum atomic E-state index is 14.0. The van der Waals surface area contributed by atoms with E-state index in [1.807, 2.05) is 34.6 Å². The van der Waals surface area contributed by atoms with Crippen LogP contribution in [0.1, 0.15) is 120 Å². The second kappa shape index (κ2) is 16.3. The number of rotatable bonds is 11. The number of nitrogens with one attached hydrogen (secondary N) is 2. The van der Waals surface area contributed by atoms with E-state index in [2.05, 4.69) is 20.9 Å². The van der Waals surface area contributed by atoms with E-state index in [1.54, 1.807) is 62.2 Å². The summed E-state index contributed by atoms with van der Waals surface area (Å²) in [4.78, 5) is 54.6. The molecule has 14 heteroatoms. The van der Waals surface area contributed by atoms with Gasteiger partial charge in [0.25, 0.3) is 0 Å². The first-order valence-corrected chi connectivity index (χ1v) is 16.3. The van der Waals surface area contributed by atoms with Crippen molar-refractivity contribution in [2.24, 2.45) is 5.92 Å². The molecular formula is C32H57N7O7. The number of aromatic nitrogens is 3. The van der Waals surface area contributed by atoms with Crippen LogP contribution in [0.3, 0.4) is 0 Å². The minimum atomic E-state index is -0.671. The second-order valence-corrected chi connectivity index (χ2v) is 14.9. The highest BCUT2D eigenvalue weighted by Crippen LogP contribution is 2.26. The van der Waals surface area contributed by atoms with Gasteiger partial charge in [-0.3, -0.25) is 4.79 Å². The van der Waals surface area contributed by atoms with Gasteiger partial charge in [0.2, 0.25) is 5.91 Å². The Bertz CT molecular complexity index is 1160. The van der Waals surface area contributed by atoms with Crippen molar-refractivity contribution in [3.63, 3.8) is 0 Å². The minimum absolute atomic E-state index is 0.0201. The molecule has 0 saturated carbocycles. The molecule has 1 aliphatic heterocycles. The predicted molar refractivity (Wildman–Crippen MR) is 173 cm³/mol. The number of alkyl carbamates (subject to hydrolysis) is 2. The fourth-order valence-electron chi connectivity index (χ4n) is 4.75. The summed E-state index contributed by atoms with van der Waals surface area (Å²) in [5, 5.41) is 14.4. The molecule has 2 unspecified atom stereocenters. The Morgan fingerprint density at radius 3 is 1.91 bits per heavy atom. The summed E-state index contributed by atoms with van der Waals surface area (Å²) in [6, 6.07) is -1.14.